The van der Waals surface area contributed by atoms with Gasteiger partial charge in [-0.3, -0.25) is 4.79 Å². The van der Waals surface area contributed by atoms with Gasteiger partial charge < -0.3 is 4.74 Å². The molecule has 0 aliphatic rings. The zero-order valence-corrected chi connectivity index (χ0v) is 14.0. The predicted molar refractivity (Wildman–Crippen MR) is 93.1 cm³/mol. The second-order valence-electron chi connectivity index (χ2n) is 5.57. The molecule has 0 spiro atoms. The lowest BCUT2D eigenvalue weighted by Gasteiger charge is -2.08. The fraction of sp³-hybridized carbons (Fsp3) is 0.263. The highest BCUT2D eigenvalue weighted by Gasteiger charge is 2.04. The summed E-state index contributed by atoms with van der Waals surface area (Å²) >= 11 is 0. The number of amides is 1. The van der Waals surface area contributed by atoms with Crippen LogP contribution in [0.15, 0.2) is 41.5 Å². The molecular weight excluding hydrogens is 288 g/mol. The topological polar surface area (TPSA) is 50.7 Å². The highest BCUT2D eigenvalue weighted by Crippen LogP contribution is 2.16. The number of hydrogen-bond donors (Lipinski definition) is 1. The first-order chi connectivity index (χ1) is 11.0. The second-order valence-corrected chi connectivity index (χ2v) is 5.57. The van der Waals surface area contributed by atoms with Crippen molar-refractivity contribution in [2.75, 3.05) is 6.61 Å². The number of carbonyl (C=O) groups is 1. The summed E-state index contributed by atoms with van der Waals surface area (Å²) in [5, 5.41) is 4.00. The number of nitrogens with zero attached hydrogens (tertiary/aromatic N) is 1. The number of hydrazone groups is 1. The number of ether oxygens (including phenoxy) is 1. The van der Waals surface area contributed by atoms with Crippen molar-refractivity contribution in [3.05, 3.63) is 64.2 Å². The van der Waals surface area contributed by atoms with Crippen molar-refractivity contribution in [2.24, 2.45) is 5.10 Å². The third-order valence-electron chi connectivity index (χ3n) is 3.95. The van der Waals surface area contributed by atoms with Crippen LogP contribution in [0.5, 0.6) is 5.75 Å². The Balaban J connectivity index is 1.89. The van der Waals surface area contributed by atoms with Crippen molar-refractivity contribution >= 4 is 12.1 Å². The van der Waals surface area contributed by atoms with Crippen LogP contribution >= 0.6 is 0 Å². The first-order valence-electron chi connectivity index (χ1n) is 7.56. The molecule has 1 amide bonds. The van der Waals surface area contributed by atoms with Crippen LogP contribution in [0.2, 0.25) is 0 Å². The van der Waals surface area contributed by atoms with E-state index in [2.05, 4.69) is 24.4 Å². The van der Waals surface area contributed by atoms with Gasteiger partial charge in [-0.25, -0.2) is 5.43 Å². The largest absolute Gasteiger partial charge is 0.483 e. The summed E-state index contributed by atoms with van der Waals surface area (Å²) in [5.74, 6) is 0.419. The Morgan fingerprint density at radius 3 is 2.52 bits per heavy atom. The Morgan fingerprint density at radius 1 is 1.04 bits per heavy atom. The van der Waals surface area contributed by atoms with Crippen LogP contribution in [0.1, 0.15) is 27.8 Å². The molecule has 0 heterocycles. The predicted octanol–water partition coefficient (Wildman–Crippen LogP) is 3.45. The van der Waals surface area contributed by atoms with Gasteiger partial charge in [-0.2, -0.15) is 5.10 Å². The van der Waals surface area contributed by atoms with Crippen molar-refractivity contribution < 1.29 is 9.53 Å². The van der Waals surface area contributed by atoms with E-state index in [-0.39, 0.29) is 12.5 Å². The van der Waals surface area contributed by atoms with Crippen molar-refractivity contribution in [3.63, 3.8) is 0 Å². The van der Waals surface area contributed by atoms with Crippen LogP contribution in [0.3, 0.4) is 0 Å². The third-order valence-corrected chi connectivity index (χ3v) is 3.95. The molecule has 0 aliphatic heterocycles. The van der Waals surface area contributed by atoms with Crippen molar-refractivity contribution in [1.29, 1.82) is 0 Å². The highest BCUT2D eigenvalue weighted by molar-refractivity contribution is 5.84. The molecule has 0 bridgehead atoms. The van der Waals surface area contributed by atoms with Crippen LogP contribution in [0.25, 0.3) is 0 Å². The van der Waals surface area contributed by atoms with Gasteiger partial charge in [0.1, 0.15) is 5.75 Å². The van der Waals surface area contributed by atoms with Gasteiger partial charge in [0.2, 0.25) is 0 Å². The molecule has 120 valence electrons. The molecule has 1 N–H and O–H groups in total. The van der Waals surface area contributed by atoms with E-state index >= 15 is 0 Å². The molecule has 0 radical (unpaired) electrons. The molecule has 23 heavy (non-hydrogen) atoms. The van der Waals surface area contributed by atoms with Gasteiger partial charge >= 0.3 is 0 Å². The lowest BCUT2D eigenvalue weighted by Crippen LogP contribution is -2.24. The Bertz CT molecular complexity index is 736. The zero-order chi connectivity index (χ0) is 16.8. The molecule has 2 aromatic rings. The third kappa shape index (κ3) is 4.42. The lowest BCUT2D eigenvalue weighted by molar-refractivity contribution is -0.123. The molecule has 0 aliphatic carbocycles. The normalized spacial score (nSPS) is 10.8. The lowest BCUT2D eigenvalue weighted by atomic mass is 10.00. The number of para-hydroxylation sites is 1. The summed E-state index contributed by atoms with van der Waals surface area (Å²) in [6.07, 6.45) is 1.66. The summed E-state index contributed by atoms with van der Waals surface area (Å²) in [6.45, 7) is 8.08. The summed E-state index contributed by atoms with van der Waals surface area (Å²) in [7, 11) is 0. The molecule has 4 heteroatoms. The molecule has 0 aromatic heterocycles. The molecule has 2 rings (SSSR count). The van der Waals surface area contributed by atoms with E-state index in [9.17, 15) is 4.79 Å². The number of carbonyl (C=O) groups excluding carboxylic acids is 1. The summed E-state index contributed by atoms with van der Waals surface area (Å²) in [4.78, 5) is 11.8. The maximum Gasteiger partial charge on any atom is 0.277 e. The van der Waals surface area contributed by atoms with Crippen LogP contribution < -0.4 is 10.2 Å². The highest BCUT2D eigenvalue weighted by atomic mass is 16.5. The number of nitrogens with one attached hydrogen (secondary N) is 1. The Morgan fingerprint density at radius 2 is 1.78 bits per heavy atom. The van der Waals surface area contributed by atoms with Gasteiger partial charge in [0.25, 0.3) is 5.91 Å². The van der Waals surface area contributed by atoms with Crippen LogP contribution in [-0.4, -0.2) is 18.7 Å². The van der Waals surface area contributed by atoms with E-state index in [1.165, 1.54) is 16.7 Å². The fourth-order valence-electron chi connectivity index (χ4n) is 2.18. The van der Waals surface area contributed by atoms with E-state index < -0.39 is 0 Å². The van der Waals surface area contributed by atoms with Gasteiger partial charge in [-0.1, -0.05) is 30.3 Å². The quantitative estimate of drug-likeness (QED) is 0.679. The molecule has 4 nitrogen and oxygen atoms in total. The zero-order valence-electron chi connectivity index (χ0n) is 14.0. The Labute approximate surface area is 137 Å². The van der Waals surface area contributed by atoms with E-state index in [0.29, 0.717) is 5.75 Å². The number of hydrogen-bond acceptors (Lipinski definition) is 3. The SMILES string of the molecule is Cc1ccccc1OCC(=O)N/N=C\c1ccc(C)c(C)c1C. The minimum Gasteiger partial charge on any atom is -0.483 e. The standard InChI is InChI=1S/C19H22N2O2/c1-13-9-10-17(16(4)15(13)3)11-20-21-19(22)12-23-18-8-6-5-7-14(18)2/h5-11H,12H2,1-4H3,(H,21,22)/b20-11-. The van der Waals surface area contributed by atoms with E-state index in [4.69, 9.17) is 4.74 Å². The summed E-state index contributed by atoms with van der Waals surface area (Å²) in [6, 6.07) is 11.6. The number of benzene rings is 2. The fourth-order valence-corrected chi connectivity index (χ4v) is 2.18. The summed E-state index contributed by atoms with van der Waals surface area (Å²) in [5.41, 5.74) is 8.13. The van der Waals surface area contributed by atoms with Crippen LogP contribution in [-0.2, 0) is 4.79 Å². The first kappa shape index (κ1) is 16.7. The van der Waals surface area contributed by atoms with Crippen molar-refractivity contribution in [2.45, 2.75) is 27.7 Å². The molecule has 0 saturated heterocycles. The van der Waals surface area contributed by atoms with Gasteiger partial charge in [0.15, 0.2) is 6.61 Å². The summed E-state index contributed by atoms with van der Waals surface area (Å²) < 4.78 is 5.47. The van der Waals surface area contributed by atoms with Crippen LogP contribution in [0.4, 0.5) is 0 Å². The van der Waals surface area contributed by atoms with Crippen molar-refractivity contribution in [1.82, 2.24) is 5.43 Å². The van der Waals surface area contributed by atoms with Gasteiger partial charge in [0.05, 0.1) is 6.21 Å². The van der Waals surface area contributed by atoms with Gasteiger partial charge in [-0.15, -0.1) is 0 Å². The minimum absolute atomic E-state index is 0.0614. The first-order valence-corrected chi connectivity index (χ1v) is 7.56. The minimum atomic E-state index is -0.286. The van der Waals surface area contributed by atoms with E-state index in [0.717, 1.165) is 11.1 Å². The maximum absolute atomic E-state index is 11.8. The van der Waals surface area contributed by atoms with Gasteiger partial charge in [-0.05, 0) is 61.6 Å². The monoisotopic (exact) mass is 310 g/mol. The van der Waals surface area contributed by atoms with Gasteiger partial charge in [0, 0.05) is 0 Å². The Kier molecular flexibility index (Phi) is 5.52. The second kappa shape index (κ2) is 7.58. The molecule has 0 atom stereocenters. The molecular formula is C19H22N2O2. The molecule has 2 aromatic carbocycles. The van der Waals surface area contributed by atoms with E-state index in [1.54, 1.807) is 6.21 Å². The molecule has 0 fully saturated rings. The number of rotatable bonds is 5. The van der Waals surface area contributed by atoms with E-state index in [1.807, 2.05) is 50.2 Å². The smallest absolute Gasteiger partial charge is 0.277 e. The molecule has 0 unspecified atom stereocenters. The van der Waals surface area contributed by atoms with Crippen LogP contribution in [0, 0.1) is 27.7 Å². The number of aryl methyl sites for hydroxylation is 2. The Hall–Kier alpha value is -2.62. The van der Waals surface area contributed by atoms with Crippen molar-refractivity contribution in [3.8, 4) is 5.75 Å². The molecule has 0 saturated carbocycles. The average molecular weight is 310 g/mol. The average Bonchev–Trinajstić information content (AvgIpc) is 2.54. The maximum atomic E-state index is 11.8.